The van der Waals surface area contributed by atoms with Gasteiger partial charge in [-0.25, -0.2) is 0 Å². The molecule has 4 unspecified atom stereocenters. The molecule has 300 valence electrons. The molecular formula is C43H80O6Si3. The smallest absolute Gasteiger partial charge is 0.192 e. The number of hydrogen-bond donors (Lipinski definition) is 0. The largest absolute Gasteiger partial charge is 0.410 e. The van der Waals surface area contributed by atoms with Crippen LogP contribution in [0, 0.1) is 0 Å². The first-order valence-corrected chi connectivity index (χ1v) is 30.1. The maximum Gasteiger partial charge on any atom is 0.192 e. The minimum absolute atomic E-state index is 0.0381. The summed E-state index contributed by atoms with van der Waals surface area (Å²) in [4.78, 5) is 37.1. The molecule has 0 aromatic rings. The van der Waals surface area contributed by atoms with Crippen LogP contribution in [0.5, 0.6) is 0 Å². The van der Waals surface area contributed by atoms with Gasteiger partial charge in [0.25, 0.3) is 0 Å². The lowest BCUT2D eigenvalue weighted by molar-refractivity contribution is -0.121. The molecule has 0 saturated carbocycles. The number of Topliss-reactive ketones (excluding diaryl/α,β-unsaturated/α-hetero) is 3. The molecule has 0 aromatic heterocycles. The zero-order valence-electron chi connectivity index (χ0n) is 36.4. The minimum Gasteiger partial charge on any atom is -0.410 e. The Kier molecular flexibility index (Phi) is 17.5. The average Bonchev–Trinajstić information content (AvgIpc) is 3.46. The van der Waals surface area contributed by atoms with Crippen molar-refractivity contribution < 1.29 is 28.0 Å². The van der Waals surface area contributed by atoms with Gasteiger partial charge in [0.2, 0.25) is 0 Å². The molecule has 3 aliphatic rings. The van der Waals surface area contributed by atoms with Crippen molar-refractivity contribution in [1.29, 1.82) is 0 Å². The highest BCUT2D eigenvalue weighted by Crippen LogP contribution is 2.52. The molecule has 3 rings (SSSR count). The number of allylic oxidation sites excluding steroid dienone is 1. The predicted molar refractivity (Wildman–Crippen MR) is 227 cm³/mol. The number of rotatable bonds is 20. The van der Waals surface area contributed by atoms with Gasteiger partial charge >= 0.3 is 0 Å². The van der Waals surface area contributed by atoms with Crippen LogP contribution in [0.2, 0.25) is 55.9 Å². The fourth-order valence-corrected chi connectivity index (χ4v) is 11.7. The van der Waals surface area contributed by atoms with Crippen molar-refractivity contribution in [3.8, 4) is 0 Å². The third-order valence-corrected chi connectivity index (χ3v) is 24.7. The standard InChI is InChI=1S/C23H44O3Si2.C20H36O3Si/c1-10-11-12-13-14-21-23(25-21,27(5,6)7)17-18-15-19(16-20(18)24)26-28(8,9)22(2,3)4;1-7-8-9-10-11-12-17(21)13-16-14-18(15-19(16)22)23-24(5,6)20(2,3)4/h15,19,21H,10-14,16-17H2,1-9H3;14,18H,7-13,15H2,1-6H3. The normalized spacial score (nSPS) is 24.1. The lowest BCUT2D eigenvalue weighted by atomic mass is 10.0. The predicted octanol–water partition coefficient (Wildman–Crippen LogP) is 12.2. The number of carbonyl (C=O) groups excluding carboxylic acids is 3. The number of ether oxygens (including phenoxy) is 1. The molecule has 0 radical (unpaired) electrons. The molecule has 1 heterocycles. The van der Waals surface area contributed by atoms with Gasteiger partial charge in [-0.2, -0.15) is 0 Å². The maximum atomic E-state index is 12.8. The molecule has 52 heavy (non-hydrogen) atoms. The van der Waals surface area contributed by atoms with E-state index in [-0.39, 0.29) is 44.9 Å². The summed E-state index contributed by atoms with van der Waals surface area (Å²) in [5, 5.41) is 0.239. The van der Waals surface area contributed by atoms with E-state index in [1.54, 1.807) is 0 Å². The highest BCUT2D eigenvalue weighted by Gasteiger charge is 2.63. The molecule has 2 aliphatic carbocycles. The van der Waals surface area contributed by atoms with Gasteiger partial charge in [-0.1, -0.05) is 126 Å². The van der Waals surface area contributed by atoms with E-state index in [1.807, 2.05) is 6.08 Å². The average molecular weight is 777 g/mol. The number of unbranched alkanes of at least 4 members (excludes halogenated alkanes) is 7. The van der Waals surface area contributed by atoms with E-state index in [1.165, 1.54) is 44.9 Å². The van der Waals surface area contributed by atoms with Crippen LogP contribution in [-0.4, -0.2) is 65.6 Å². The molecular weight excluding hydrogens is 697 g/mol. The van der Waals surface area contributed by atoms with Crippen LogP contribution in [0.15, 0.2) is 23.3 Å². The first-order valence-electron chi connectivity index (χ1n) is 20.8. The Morgan fingerprint density at radius 2 is 1.15 bits per heavy atom. The number of carbonyl (C=O) groups is 3. The Labute approximate surface area is 323 Å². The van der Waals surface area contributed by atoms with E-state index in [9.17, 15) is 14.4 Å². The van der Waals surface area contributed by atoms with Crippen molar-refractivity contribution >= 4 is 42.1 Å². The van der Waals surface area contributed by atoms with Crippen LogP contribution in [0.25, 0.3) is 0 Å². The summed E-state index contributed by atoms with van der Waals surface area (Å²) < 4.78 is 19.2. The summed E-state index contributed by atoms with van der Waals surface area (Å²) in [5.41, 5.74) is 1.65. The van der Waals surface area contributed by atoms with Crippen molar-refractivity contribution in [3.05, 3.63) is 23.3 Å². The van der Waals surface area contributed by atoms with Crippen molar-refractivity contribution in [2.24, 2.45) is 0 Å². The van der Waals surface area contributed by atoms with E-state index in [0.717, 1.165) is 31.3 Å². The summed E-state index contributed by atoms with van der Waals surface area (Å²) in [5.74, 6) is 0.568. The van der Waals surface area contributed by atoms with Crippen LogP contribution < -0.4 is 0 Å². The zero-order chi connectivity index (χ0) is 39.8. The van der Waals surface area contributed by atoms with Gasteiger partial charge in [-0.3, -0.25) is 14.4 Å². The van der Waals surface area contributed by atoms with Gasteiger partial charge in [-0.15, -0.1) is 0 Å². The lowest BCUT2D eigenvalue weighted by Crippen LogP contribution is -2.44. The molecule has 6 nitrogen and oxygen atoms in total. The van der Waals surface area contributed by atoms with E-state index in [4.69, 9.17) is 13.6 Å². The molecule has 1 aliphatic heterocycles. The van der Waals surface area contributed by atoms with Crippen molar-refractivity contribution in [2.75, 3.05) is 0 Å². The first-order chi connectivity index (χ1) is 23.8. The lowest BCUT2D eigenvalue weighted by Gasteiger charge is -2.37. The van der Waals surface area contributed by atoms with Gasteiger partial charge in [-0.05, 0) is 66.8 Å². The second-order valence-corrected chi connectivity index (χ2v) is 35.0. The van der Waals surface area contributed by atoms with Crippen LogP contribution >= 0.6 is 0 Å². The maximum absolute atomic E-state index is 12.8. The minimum atomic E-state index is -1.88. The highest BCUT2D eigenvalue weighted by molar-refractivity contribution is 6.80. The molecule has 1 fully saturated rings. The van der Waals surface area contributed by atoms with Crippen molar-refractivity contribution in [1.82, 2.24) is 0 Å². The van der Waals surface area contributed by atoms with Crippen LogP contribution in [0.4, 0.5) is 0 Å². The van der Waals surface area contributed by atoms with Crippen LogP contribution in [0.1, 0.15) is 152 Å². The Balaban J connectivity index is 0.000000365. The van der Waals surface area contributed by atoms with Gasteiger partial charge in [0.15, 0.2) is 28.2 Å². The van der Waals surface area contributed by atoms with Crippen molar-refractivity contribution in [2.45, 2.75) is 231 Å². The topological polar surface area (TPSA) is 82.2 Å². The molecule has 0 bridgehead atoms. The number of hydrogen-bond acceptors (Lipinski definition) is 6. The first kappa shape index (κ1) is 47.2. The molecule has 9 heteroatoms. The van der Waals surface area contributed by atoms with Gasteiger partial charge in [0.05, 0.1) is 31.6 Å². The molecule has 4 atom stereocenters. The monoisotopic (exact) mass is 777 g/mol. The highest BCUT2D eigenvalue weighted by atomic mass is 28.4. The SMILES string of the molecule is CCCCCCC1OC1(CC1=CC(O[Si](C)(C)C(C)(C)C)CC1=O)[Si](C)(C)C.CCCCCCCC(=O)CC1=CC(O[Si](C)(C)C(C)(C)C)CC1=O. The third-order valence-electron chi connectivity index (χ3n) is 12.6. The Bertz CT molecular complexity index is 1260. The summed E-state index contributed by atoms with van der Waals surface area (Å²) in [6, 6.07) is 0. The summed E-state index contributed by atoms with van der Waals surface area (Å²) >= 11 is 0. The summed E-state index contributed by atoms with van der Waals surface area (Å²) in [6.07, 6.45) is 18.8. The quantitative estimate of drug-likeness (QED) is 0.0696. The van der Waals surface area contributed by atoms with Gasteiger partial charge < -0.3 is 13.6 Å². The second kappa shape index (κ2) is 19.2. The second-order valence-electron chi connectivity index (χ2n) is 20.1. The fraction of sp³-hybridized carbons (Fsp3) is 0.837. The van der Waals surface area contributed by atoms with Gasteiger partial charge in [0.1, 0.15) is 5.78 Å². The molecule has 1 saturated heterocycles. The summed E-state index contributed by atoms with van der Waals surface area (Å²) in [6.45, 7) is 33.9. The van der Waals surface area contributed by atoms with Crippen molar-refractivity contribution in [3.63, 3.8) is 0 Å². The molecule has 0 aromatic carbocycles. The number of ketones is 3. The van der Waals surface area contributed by atoms with E-state index in [2.05, 4.69) is 107 Å². The van der Waals surface area contributed by atoms with Crippen LogP contribution in [0.3, 0.4) is 0 Å². The molecule has 0 spiro atoms. The van der Waals surface area contributed by atoms with Crippen LogP contribution in [-0.2, 0) is 28.0 Å². The third kappa shape index (κ3) is 13.6. The Morgan fingerprint density at radius 1 is 0.712 bits per heavy atom. The zero-order valence-corrected chi connectivity index (χ0v) is 39.4. The van der Waals surface area contributed by atoms with E-state index < -0.39 is 24.7 Å². The van der Waals surface area contributed by atoms with E-state index in [0.29, 0.717) is 37.4 Å². The molecule has 0 amide bonds. The van der Waals surface area contributed by atoms with E-state index >= 15 is 0 Å². The summed E-state index contributed by atoms with van der Waals surface area (Å²) in [7, 11) is -5.30. The Morgan fingerprint density at radius 3 is 1.62 bits per heavy atom. The molecule has 0 N–H and O–H groups in total. The Hall–Kier alpha value is -0.979. The number of epoxide rings is 1. The fourth-order valence-electron chi connectivity index (χ4n) is 6.82. The van der Waals surface area contributed by atoms with Gasteiger partial charge in [0, 0.05) is 37.7 Å².